The summed E-state index contributed by atoms with van der Waals surface area (Å²) in [5, 5.41) is 4.00. The van der Waals surface area contributed by atoms with E-state index in [2.05, 4.69) is 17.2 Å². The zero-order valence-corrected chi connectivity index (χ0v) is 16.4. The van der Waals surface area contributed by atoms with Gasteiger partial charge >= 0.3 is 0 Å². The summed E-state index contributed by atoms with van der Waals surface area (Å²) in [7, 11) is 1.68. The van der Waals surface area contributed by atoms with Crippen molar-refractivity contribution in [1.29, 1.82) is 0 Å². The molecule has 0 atom stereocenters. The molecule has 1 aromatic heterocycles. The first-order chi connectivity index (χ1) is 13.1. The van der Waals surface area contributed by atoms with Gasteiger partial charge in [0.05, 0.1) is 16.7 Å². The van der Waals surface area contributed by atoms with Crippen molar-refractivity contribution in [2.24, 2.45) is 7.05 Å². The molecule has 0 bridgehead atoms. The molecule has 3 aromatic rings. The van der Waals surface area contributed by atoms with Crippen LogP contribution in [0.2, 0.25) is 0 Å². The molecule has 1 heterocycles. The first kappa shape index (κ1) is 19.2. The molecule has 0 fully saturated rings. The molecular weight excluding hydrogens is 358 g/mol. The van der Waals surface area contributed by atoms with Crippen molar-refractivity contribution in [3.8, 4) is 0 Å². The number of nitrogens with zero attached hydrogens (tertiary/aromatic N) is 2. The van der Waals surface area contributed by atoms with Gasteiger partial charge in [-0.3, -0.25) is 14.2 Å². The van der Waals surface area contributed by atoms with Crippen LogP contribution in [-0.2, 0) is 18.3 Å². The molecule has 0 spiro atoms. The molecule has 0 aliphatic carbocycles. The summed E-state index contributed by atoms with van der Waals surface area (Å²) in [6, 6.07) is 15.2. The molecule has 2 aromatic carbocycles. The Morgan fingerprint density at radius 2 is 1.89 bits per heavy atom. The lowest BCUT2D eigenvalue weighted by molar-refractivity contribution is -0.113. The third-order valence-corrected chi connectivity index (χ3v) is 5.36. The van der Waals surface area contributed by atoms with E-state index in [-0.39, 0.29) is 17.2 Å². The number of aromatic nitrogens is 2. The predicted molar refractivity (Wildman–Crippen MR) is 111 cm³/mol. The number of hydrogen-bond donors (Lipinski definition) is 1. The van der Waals surface area contributed by atoms with Crippen LogP contribution in [0.4, 0.5) is 5.69 Å². The minimum atomic E-state index is -0.122. The topological polar surface area (TPSA) is 64.0 Å². The number of carbonyl (C=O) groups is 1. The largest absolute Gasteiger partial charge is 0.325 e. The Hall–Kier alpha value is -2.60. The van der Waals surface area contributed by atoms with Crippen LogP contribution >= 0.6 is 11.8 Å². The van der Waals surface area contributed by atoms with Crippen LogP contribution in [0.25, 0.3) is 10.9 Å². The first-order valence-electron chi connectivity index (χ1n) is 9.06. The van der Waals surface area contributed by atoms with Crippen LogP contribution in [-0.4, -0.2) is 21.2 Å². The van der Waals surface area contributed by atoms with E-state index >= 15 is 0 Å². The summed E-state index contributed by atoms with van der Waals surface area (Å²) in [4.78, 5) is 29.2. The Bertz CT molecular complexity index is 996. The van der Waals surface area contributed by atoms with Crippen molar-refractivity contribution in [3.63, 3.8) is 0 Å². The number of thioether (sulfide) groups is 1. The van der Waals surface area contributed by atoms with E-state index in [1.807, 2.05) is 36.4 Å². The third kappa shape index (κ3) is 4.77. The lowest BCUT2D eigenvalue weighted by Gasteiger charge is -2.09. The first-order valence-corrected chi connectivity index (χ1v) is 10.0. The minimum absolute atomic E-state index is 0.105. The number of amides is 1. The number of unbranched alkanes of at least 4 members (excludes halogenated alkanes) is 1. The molecule has 140 valence electrons. The van der Waals surface area contributed by atoms with E-state index in [1.54, 1.807) is 19.2 Å². The van der Waals surface area contributed by atoms with Crippen molar-refractivity contribution in [1.82, 2.24) is 9.55 Å². The van der Waals surface area contributed by atoms with Crippen LogP contribution in [0.5, 0.6) is 0 Å². The maximum Gasteiger partial charge on any atom is 0.261 e. The van der Waals surface area contributed by atoms with Gasteiger partial charge in [0.1, 0.15) is 0 Å². The van der Waals surface area contributed by atoms with Gasteiger partial charge in [-0.15, -0.1) is 0 Å². The number of anilines is 1. The highest BCUT2D eigenvalue weighted by atomic mass is 32.2. The Balaban J connectivity index is 1.63. The zero-order chi connectivity index (χ0) is 19.2. The van der Waals surface area contributed by atoms with Crippen molar-refractivity contribution in [3.05, 3.63) is 64.4 Å². The van der Waals surface area contributed by atoms with Crippen LogP contribution in [0.3, 0.4) is 0 Å². The number of rotatable bonds is 7. The van der Waals surface area contributed by atoms with Gasteiger partial charge in [-0.25, -0.2) is 4.98 Å². The Morgan fingerprint density at radius 3 is 2.63 bits per heavy atom. The molecule has 6 heteroatoms. The second-order valence-electron chi connectivity index (χ2n) is 6.41. The van der Waals surface area contributed by atoms with Gasteiger partial charge in [0.2, 0.25) is 5.91 Å². The molecule has 5 nitrogen and oxygen atoms in total. The number of nitrogens with one attached hydrogen (secondary N) is 1. The van der Waals surface area contributed by atoms with Gasteiger partial charge < -0.3 is 5.32 Å². The molecule has 0 saturated carbocycles. The third-order valence-electron chi connectivity index (χ3n) is 4.33. The minimum Gasteiger partial charge on any atom is -0.325 e. The maximum absolute atomic E-state index is 12.4. The van der Waals surface area contributed by atoms with Crippen LogP contribution < -0.4 is 10.9 Å². The number of carbonyl (C=O) groups excluding carboxylic acids is 1. The van der Waals surface area contributed by atoms with Gasteiger partial charge in [-0.2, -0.15) is 0 Å². The summed E-state index contributed by atoms with van der Waals surface area (Å²) in [6.45, 7) is 2.17. The molecule has 0 saturated heterocycles. The molecule has 0 aliphatic heterocycles. The summed E-state index contributed by atoms with van der Waals surface area (Å²) in [6.07, 6.45) is 3.39. The molecule has 1 N–H and O–H groups in total. The Kier molecular flexibility index (Phi) is 6.29. The predicted octanol–water partition coefficient (Wildman–Crippen LogP) is 4.01. The van der Waals surface area contributed by atoms with Crippen LogP contribution in [0.1, 0.15) is 25.3 Å². The molecule has 0 aliphatic rings. The van der Waals surface area contributed by atoms with Crippen molar-refractivity contribution in [2.75, 3.05) is 11.1 Å². The number of aryl methyl sites for hydroxylation is 1. The number of hydrogen-bond acceptors (Lipinski definition) is 4. The molecule has 1 amide bonds. The van der Waals surface area contributed by atoms with Gasteiger partial charge in [0.25, 0.3) is 5.56 Å². The number of fused-ring (bicyclic) bond motifs is 1. The number of para-hydroxylation sites is 1. The lowest BCUT2D eigenvalue weighted by atomic mass is 10.1. The maximum atomic E-state index is 12.4. The van der Waals surface area contributed by atoms with Crippen molar-refractivity contribution < 1.29 is 4.79 Å². The smallest absolute Gasteiger partial charge is 0.261 e. The monoisotopic (exact) mass is 381 g/mol. The Morgan fingerprint density at radius 1 is 1.15 bits per heavy atom. The van der Waals surface area contributed by atoms with Crippen LogP contribution in [0, 0.1) is 0 Å². The summed E-state index contributed by atoms with van der Waals surface area (Å²) in [5.74, 6) is 0.0691. The summed E-state index contributed by atoms with van der Waals surface area (Å²) in [5.41, 5.74) is 2.60. The summed E-state index contributed by atoms with van der Waals surface area (Å²) >= 11 is 1.26. The van der Waals surface area contributed by atoms with Gasteiger partial charge in [-0.05, 0) is 42.7 Å². The van der Waals surface area contributed by atoms with Crippen LogP contribution in [0.15, 0.2) is 58.5 Å². The van der Waals surface area contributed by atoms with E-state index < -0.39 is 0 Å². The average Bonchev–Trinajstić information content (AvgIpc) is 2.69. The number of benzene rings is 2. The Labute approximate surface area is 162 Å². The normalized spacial score (nSPS) is 10.9. The van der Waals surface area contributed by atoms with Gasteiger partial charge in [-0.1, -0.05) is 49.4 Å². The molecular formula is C21H23N3O2S. The van der Waals surface area contributed by atoms with E-state index in [0.29, 0.717) is 16.1 Å². The quantitative estimate of drug-likeness (QED) is 0.496. The highest BCUT2D eigenvalue weighted by molar-refractivity contribution is 7.99. The highest BCUT2D eigenvalue weighted by Crippen LogP contribution is 2.18. The zero-order valence-electron chi connectivity index (χ0n) is 15.6. The van der Waals surface area contributed by atoms with E-state index in [0.717, 1.165) is 12.1 Å². The molecule has 27 heavy (non-hydrogen) atoms. The van der Waals surface area contributed by atoms with Gasteiger partial charge in [0, 0.05) is 12.7 Å². The van der Waals surface area contributed by atoms with Crippen molar-refractivity contribution >= 4 is 34.3 Å². The van der Waals surface area contributed by atoms with E-state index in [4.69, 9.17) is 0 Å². The lowest BCUT2D eigenvalue weighted by Crippen LogP contribution is -2.21. The molecule has 0 unspecified atom stereocenters. The van der Waals surface area contributed by atoms with E-state index in [9.17, 15) is 9.59 Å². The second kappa shape index (κ2) is 8.86. The second-order valence-corrected chi connectivity index (χ2v) is 7.36. The summed E-state index contributed by atoms with van der Waals surface area (Å²) < 4.78 is 1.49. The van der Waals surface area contributed by atoms with Crippen molar-refractivity contribution in [2.45, 2.75) is 31.3 Å². The molecule has 0 radical (unpaired) electrons. The fourth-order valence-corrected chi connectivity index (χ4v) is 3.56. The molecule has 3 rings (SSSR count). The van der Waals surface area contributed by atoms with Gasteiger partial charge in [0.15, 0.2) is 5.16 Å². The SMILES string of the molecule is CCCCc1ccc(NC(=O)CSc2nc3ccccc3c(=O)n2C)cc1. The standard InChI is InChI=1S/C21H23N3O2S/c1-3-4-7-15-10-12-16(13-11-15)22-19(25)14-27-21-23-18-9-6-5-8-17(18)20(26)24(21)2/h5-6,8-13H,3-4,7,14H2,1-2H3,(H,22,25). The average molecular weight is 382 g/mol. The fourth-order valence-electron chi connectivity index (χ4n) is 2.79. The fraction of sp³-hybridized carbons (Fsp3) is 0.286. The van der Waals surface area contributed by atoms with E-state index in [1.165, 1.54) is 34.7 Å². The highest BCUT2D eigenvalue weighted by Gasteiger charge is 2.11.